The maximum atomic E-state index is 12.3. The van der Waals surface area contributed by atoms with Crippen molar-refractivity contribution in [2.45, 2.75) is 17.9 Å². The van der Waals surface area contributed by atoms with Crippen LogP contribution in [0.2, 0.25) is 0 Å². The van der Waals surface area contributed by atoms with Crippen molar-refractivity contribution in [2.75, 3.05) is 0 Å². The summed E-state index contributed by atoms with van der Waals surface area (Å²) in [5.41, 5.74) is -1.75. The van der Waals surface area contributed by atoms with Crippen LogP contribution in [-0.2, 0) is 15.8 Å². The van der Waals surface area contributed by atoms with E-state index in [2.05, 4.69) is 0 Å². The summed E-state index contributed by atoms with van der Waals surface area (Å²) < 4.78 is 17.3. The first-order valence-corrected chi connectivity index (χ1v) is 7.96. The van der Waals surface area contributed by atoms with Crippen LogP contribution >= 0.6 is 7.37 Å². The Labute approximate surface area is 177 Å². The van der Waals surface area contributed by atoms with Gasteiger partial charge in [0.2, 0.25) is 0 Å². The molecule has 9 heteroatoms. The average molecular weight is 354 g/mol. The smallest absolute Gasteiger partial charge is 0.797 e. The minimum atomic E-state index is -4.73. The maximum absolute atomic E-state index is 12.3. The second-order valence-corrected chi connectivity index (χ2v) is 6.95. The first kappa shape index (κ1) is 23.1. The molecule has 6 nitrogen and oxygen atoms in total. The SMILES string of the molecule is O=C([O-])C(Cc1ccco1)P(=O)([O-])C(O)c1ccccc1.[Na+].[Na+]. The Balaban J connectivity index is 0.00000242. The summed E-state index contributed by atoms with van der Waals surface area (Å²) in [5.74, 6) is -3.48. The largest absolute Gasteiger partial charge is 1.00 e. The molecule has 1 aromatic heterocycles. The summed E-state index contributed by atoms with van der Waals surface area (Å²) in [6.45, 7) is 0. The summed E-state index contributed by atoms with van der Waals surface area (Å²) in [6.07, 6.45) is 0.922. The van der Waals surface area contributed by atoms with E-state index in [0.29, 0.717) is 0 Å². The molecule has 0 aliphatic heterocycles. The quantitative estimate of drug-likeness (QED) is 0.409. The van der Waals surface area contributed by atoms with Crippen molar-refractivity contribution >= 4 is 13.3 Å². The van der Waals surface area contributed by atoms with Gasteiger partial charge in [0, 0.05) is 12.1 Å². The van der Waals surface area contributed by atoms with E-state index in [4.69, 9.17) is 4.42 Å². The number of aliphatic hydroxyl groups excluding tert-OH is 1. The third-order valence-corrected chi connectivity index (χ3v) is 5.36. The van der Waals surface area contributed by atoms with Crippen molar-refractivity contribution in [1.82, 2.24) is 0 Å². The molecular formula is C14H13Na2O6P. The third kappa shape index (κ3) is 5.85. The Morgan fingerprint density at radius 2 is 1.78 bits per heavy atom. The van der Waals surface area contributed by atoms with Gasteiger partial charge in [-0.15, -0.1) is 0 Å². The van der Waals surface area contributed by atoms with Crippen LogP contribution in [0, 0.1) is 0 Å². The van der Waals surface area contributed by atoms with Crippen LogP contribution in [0.15, 0.2) is 53.1 Å². The van der Waals surface area contributed by atoms with Crippen molar-refractivity contribution in [3.63, 3.8) is 0 Å². The fourth-order valence-electron chi connectivity index (χ4n) is 1.98. The summed E-state index contributed by atoms with van der Waals surface area (Å²) in [7, 11) is -4.73. The number of aliphatic carboxylic acids is 1. The first-order valence-electron chi connectivity index (χ1n) is 6.19. The van der Waals surface area contributed by atoms with Gasteiger partial charge in [0.15, 0.2) is 0 Å². The number of carbonyl (C=O) groups excluding carboxylic acids is 1. The van der Waals surface area contributed by atoms with Crippen molar-refractivity contribution in [2.24, 2.45) is 0 Å². The zero-order chi connectivity index (χ0) is 15.5. The van der Waals surface area contributed by atoms with Crippen LogP contribution in [0.1, 0.15) is 17.2 Å². The summed E-state index contributed by atoms with van der Waals surface area (Å²) >= 11 is 0. The predicted octanol–water partition coefficient (Wildman–Crippen LogP) is -5.72. The van der Waals surface area contributed by atoms with E-state index >= 15 is 0 Å². The van der Waals surface area contributed by atoms with Gasteiger partial charge in [-0.2, -0.15) is 0 Å². The minimum Gasteiger partial charge on any atom is -0.797 e. The van der Waals surface area contributed by atoms with Crippen LogP contribution in [-0.4, -0.2) is 16.7 Å². The van der Waals surface area contributed by atoms with Crippen molar-refractivity contribution < 1.29 is 88.0 Å². The molecule has 0 radical (unpaired) electrons. The molecule has 0 bridgehead atoms. The van der Waals surface area contributed by atoms with Crippen molar-refractivity contribution in [3.8, 4) is 0 Å². The van der Waals surface area contributed by atoms with Gasteiger partial charge in [0.1, 0.15) is 11.6 Å². The van der Waals surface area contributed by atoms with Crippen LogP contribution < -0.4 is 69.1 Å². The van der Waals surface area contributed by atoms with E-state index in [1.165, 1.54) is 30.5 Å². The average Bonchev–Trinajstić information content (AvgIpc) is 2.97. The van der Waals surface area contributed by atoms with Gasteiger partial charge in [-0.3, -0.25) is 0 Å². The number of hydrogen-bond acceptors (Lipinski definition) is 6. The Bertz CT molecular complexity index is 647. The molecule has 1 aromatic carbocycles. The molecule has 2 aromatic rings. The normalized spacial score (nSPS) is 15.4. The molecule has 0 fully saturated rings. The van der Waals surface area contributed by atoms with E-state index in [1.54, 1.807) is 18.2 Å². The number of hydrogen-bond donors (Lipinski definition) is 1. The number of carbonyl (C=O) groups is 1. The summed E-state index contributed by atoms with van der Waals surface area (Å²) in [5, 5.41) is 21.2. The van der Waals surface area contributed by atoms with Gasteiger partial charge in [-0.05, 0) is 17.7 Å². The molecule has 0 saturated carbocycles. The molecule has 0 amide bonds. The zero-order valence-corrected chi connectivity index (χ0v) is 17.8. The van der Waals surface area contributed by atoms with Gasteiger partial charge in [-0.25, -0.2) is 0 Å². The minimum absolute atomic E-state index is 0. The molecule has 1 N–H and O–H groups in total. The Morgan fingerprint density at radius 3 is 2.26 bits per heavy atom. The topological polar surface area (TPSA) is 114 Å². The fraction of sp³-hybridized carbons (Fsp3) is 0.214. The Kier molecular flexibility index (Phi) is 10.2. The monoisotopic (exact) mass is 354 g/mol. The number of carboxylic acid groups (broad SMARTS) is 1. The van der Waals surface area contributed by atoms with Gasteiger partial charge in [0.25, 0.3) is 0 Å². The van der Waals surface area contributed by atoms with Crippen molar-refractivity contribution in [1.29, 1.82) is 0 Å². The molecule has 0 aliphatic carbocycles. The molecule has 1 heterocycles. The molecule has 0 aliphatic rings. The van der Waals surface area contributed by atoms with Gasteiger partial charge in [0.05, 0.1) is 19.6 Å². The standard InChI is InChI=1S/C14H15O6P.2Na/c15-13(16)12(9-11-7-4-8-20-11)21(18,19)14(17)10-5-2-1-3-6-10;;/h1-8,12,14,17H,9H2,(H,15,16)(H,18,19);;/q;2*+1/p-2. The number of rotatable bonds is 6. The molecule has 0 saturated heterocycles. The van der Waals surface area contributed by atoms with Crippen LogP contribution in [0.4, 0.5) is 0 Å². The van der Waals surface area contributed by atoms with E-state index in [-0.39, 0.29) is 76.9 Å². The van der Waals surface area contributed by atoms with E-state index in [9.17, 15) is 24.5 Å². The number of carboxylic acids is 1. The zero-order valence-electron chi connectivity index (χ0n) is 12.9. The van der Waals surface area contributed by atoms with E-state index in [0.717, 1.165) is 0 Å². The third-order valence-electron chi connectivity index (χ3n) is 3.12. The molecule has 3 atom stereocenters. The van der Waals surface area contributed by atoms with Gasteiger partial charge < -0.3 is 28.9 Å². The van der Waals surface area contributed by atoms with Crippen LogP contribution in [0.25, 0.3) is 0 Å². The van der Waals surface area contributed by atoms with E-state index < -0.39 is 24.8 Å². The Morgan fingerprint density at radius 1 is 1.17 bits per heavy atom. The molecule has 0 spiro atoms. The molecule has 2 rings (SSSR count). The number of furan rings is 1. The maximum Gasteiger partial charge on any atom is 1.00 e. The Hall–Kier alpha value is 0.120. The van der Waals surface area contributed by atoms with E-state index in [1.807, 2.05) is 0 Å². The van der Waals surface area contributed by atoms with Crippen LogP contribution in [0.5, 0.6) is 0 Å². The summed E-state index contributed by atoms with van der Waals surface area (Å²) in [4.78, 5) is 23.5. The number of aliphatic hydroxyl groups is 1. The number of benzene rings is 1. The second-order valence-electron chi connectivity index (χ2n) is 4.55. The fourth-order valence-corrected chi connectivity index (χ4v) is 3.64. The van der Waals surface area contributed by atoms with Gasteiger partial charge in [-0.1, -0.05) is 30.3 Å². The summed E-state index contributed by atoms with van der Waals surface area (Å²) in [6, 6.07) is 10.6. The molecule has 112 valence electrons. The van der Waals surface area contributed by atoms with Crippen molar-refractivity contribution in [3.05, 3.63) is 60.1 Å². The first-order chi connectivity index (χ1) is 9.93. The van der Waals surface area contributed by atoms with Gasteiger partial charge >= 0.3 is 59.1 Å². The molecular weight excluding hydrogens is 341 g/mol. The van der Waals surface area contributed by atoms with Crippen LogP contribution in [0.3, 0.4) is 0 Å². The predicted molar refractivity (Wildman–Crippen MR) is 70.2 cm³/mol. The molecule has 3 unspecified atom stereocenters. The second kappa shape index (κ2) is 10.2. The molecule has 23 heavy (non-hydrogen) atoms.